The van der Waals surface area contributed by atoms with Gasteiger partial charge in [0.15, 0.2) is 0 Å². The van der Waals surface area contributed by atoms with Crippen molar-refractivity contribution in [2.45, 2.75) is 39.0 Å². The van der Waals surface area contributed by atoms with Gasteiger partial charge in [-0.15, -0.1) is 0 Å². The topological polar surface area (TPSA) is 28.7 Å². The number of fused-ring (bicyclic) bond motifs is 1. The lowest BCUT2D eigenvalue weighted by atomic mass is 10.1. The number of aromatic nitrogens is 2. The lowest BCUT2D eigenvalue weighted by Gasteiger charge is -2.05. The molecule has 0 fully saturated rings. The van der Waals surface area contributed by atoms with E-state index in [9.17, 15) is 0 Å². The van der Waals surface area contributed by atoms with Crippen LogP contribution in [-0.2, 0) is 0 Å². The van der Waals surface area contributed by atoms with Crippen molar-refractivity contribution in [3.8, 4) is 0 Å². The molecule has 1 N–H and O–H groups in total. The molecule has 0 saturated heterocycles. The van der Waals surface area contributed by atoms with Crippen molar-refractivity contribution < 1.29 is 0 Å². The summed E-state index contributed by atoms with van der Waals surface area (Å²) in [5.41, 5.74) is 2.05. The van der Waals surface area contributed by atoms with Crippen molar-refractivity contribution in [3.63, 3.8) is 0 Å². The van der Waals surface area contributed by atoms with Gasteiger partial charge in [-0.25, -0.2) is 4.98 Å². The number of hydrogen-bond acceptors (Lipinski definition) is 1. The van der Waals surface area contributed by atoms with Crippen LogP contribution in [0.25, 0.3) is 12.2 Å². The molecule has 2 nitrogen and oxygen atoms in total. The maximum Gasteiger partial charge on any atom is 0.110 e. The molecule has 3 heteroatoms. The first kappa shape index (κ1) is 11.5. The van der Waals surface area contributed by atoms with Gasteiger partial charge in [-0.05, 0) is 18.6 Å². The smallest absolute Gasteiger partial charge is 0.110 e. The summed E-state index contributed by atoms with van der Waals surface area (Å²) in [6, 6.07) is 0. The highest BCUT2D eigenvalue weighted by molar-refractivity contribution is 6.31. The van der Waals surface area contributed by atoms with E-state index in [1.807, 2.05) is 12.2 Å². The fraction of sp³-hybridized carbons (Fsp3) is 0.462. The van der Waals surface area contributed by atoms with Crippen molar-refractivity contribution in [3.05, 3.63) is 28.3 Å². The maximum atomic E-state index is 6.06. The van der Waals surface area contributed by atoms with Crippen LogP contribution in [0.15, 0.2) is 11.1 Å². The molecule has 2 rings (SSSR count). The molecule has 16 heavy (non-hydrogen) atoms. The molecule has 1 aliphatic carbocycles. The number of rotatable bonds is 3. The van der Waals surface area contributed by atoms with Gasteiger partial charge in [0.25, 0.3) is 0 Å². The number of nitrogens with one attached hydrogen (secondary N) is 1. The van der Waals surface area contributed by atoms with E-state index in [-0.39, 0.29) is 0 Å². The zero-order chi connectivity index (χ0) is 11.5. The molecule has 1 aromatic rings. The molecule has 86 valence electrons. The third-order valence-corrected chi connectivity index (χ3v) is 3.12. The molecule has 0 spiro atoms. The lowest BCUT2D eigenvalue weighted by Crippen LogP contribution is -1.95. The number of imidazole rings is 1. The van der Waals surface area contributed by atoms with Crippen LogP contribution in [0.1, 0.15) is 56.2 Å². The Balaban J connectivity index is 2.30. The molecule has 1 atom stereocenters. The first-order valence-corrected chi connectivity index (χ1v) is 6.21. The van der Waals surface area contributed by atoms with Gasteiger partial charge in [-0.1, -0.05) is 37.9 Å². The zero-order valence-electron chi connectivity index (χ0n) is 9.76. The minimum Gasteiger partial charge on any atom is -0.342 e. The summed E-state index contributed by atoms with van der Waals surface area (Å²) >= 11 is 6.06. The van der Waals surface area contributed by atoms with Crippen molar-refractivity contribution in [2.24, 2.45) is 0 Å². The van der Waals surface area contributed by atoms with E-state index in [0.717, 1.165) is 35.1 Å². The Kier molecular flexibility index (Phi) is 3.49. The summed E-state index contributed by atoms with van der Waals surface area (Å²) in [4.78, 5) is 7.98. The van der Waals surface area contributed by atoms with Crippen LogP contribution >= 0.6 is 11.6 Å². The molecule has 0 bridgehead atoms. The van der Waals surface area contributed by atoms with Gasteiger partial charge in [0.1, 0.15) is 5.82 Å². The largest absolute Gasteiger partial charge is 0.342 e. The first-order chi connectivity index (χ1) is 7.70. The molecule has 0 aromatic carbocycles. The Morgan fingerprint density at radius 2 is 2.38 bits per heavy atom. The summed E-state index contributed by atoms with van der Waals surface area (Å²) in [6.07, 6.45) is 9.21. The average Bonchev–Trinajstić information content (AvgIpc) is 2.54. The van der Waals surface area contributed by atoms with Crippen LogP contribution in [0, 0.1) is 0 Å². The third-order valence-electron chi connectivity index (χ3n) is 2.86. The van der Waals surface area contributed by atoms with Crippen molar-refractivity contribution in [2.75, 3.05) is 0 Å². The first-order valence-electron chi connectivity index (χ1n) is 5.83. The van der Waals surface area contributed by atoms with E-state index in [2.05, 4.69) is 29.9 Å². The van der Waals surface area contributed by atoms with Gasteiger partial charge in [0, 0.05) is 17.4 Å². The quantitative estimate of drug-likeness (QED) is 0.833. The van der Waals surface area contributed by atoms with Gasteiger partial charge in [0.2, 0.25) is 0 Å². The number of aromatic amines is 1. The predicted octanol–water partition coefficient (Wildman–Crippen LogP) is 4.31. The average molecular weight is 237 g/mol. The highest BCUT2D eigenvalue weighted by Crippen LogP contribution is 2.25. The van der Waals surface area contributed by atoms with Crippen LogP contribution in [-0.4, -0.2) is 9.97 Å². The molecule has 0 saturated carbocycles. The third kappa shape index (κ3) is 2.38. The second kappa shape index (κ2) is 4.88. The fourth-order valence-corrected chi connectivity index (χ4v) is 2.16. The summed E-state index contributed by atoms with van der Waals surface area (Å²) in [7, 11) is 0. The Hall–Kier alpha value is -1.02. The molecular weight excluding hydrogens is 220 g/mol. The number of nitrogens with zero attached hydrogens (tertiary/aromatic N) is 1. The Morgan fingerprint density at radius 3 is 3.12 bits per heavy atom. The maximum absolute atomic E-state index is 6.06. The SMILES string of the molecule is CCCC(C)c1nc2c([nH]1)C=C(Cl)CC=C2. The number of hydrogen-bond donors (Lipinski definition) is 1. The molecule has 0 amide bonds. The van der Waals surface area contributed by atoms with E-state index in [1.54, 1.807) is 0 Å². The van der Waals surface area contributed by atoms with Crippen molar-refractivity contribution in [1.29, 1.82) is 0 Å². The number of halogens is 1. The molecular formula is C13H17ClN2. The molecule has 1 unspecified atom stereocenters. The molecule has 1 heterocycles. The molecule has 1 aliphatic rings. The predicted molar refractivity (Wildman–Crippen MR) is 69.4 cm³/mol. The number of H-pyrrole nitrogens is 1. The Labute approximate surface area is 101 Å². The standard InChI is InChI=1S/C13H17ClN2/c1-3-5-9(2)13-15-11-7-4-6-10(14)8-12(11)16-13/h4,7-9H,3,5-6H2,1-2H3,(H,15,16). The van der Waals surface area contributed by atoms with Gasteiger partial charge >= 0.3 is 0 Å². The van der Waals surface area contributed by atoms with Crippen LogP contribution < -0.4 is 0 Å². The minimum atomic E-state index is 0.484. The second-order valence-corrected chi connectivity index (χ2v) is 4.79. The zero-order valence-corrected chi connectivity index (χ0v) is 10.5. The summed E-state index contributed by atoms with van der Waals surface area (Å²) in [5, 5.41) is 0.855. The van der Waals surface area contributed by atoms with E-state index in [0.29, 0.717) is 5.92 Å². The molecule has 1 aromatic heterocycles. The highest BCUT2D eigenvalue weighted by atomic mass is 35.5. The minimum absolute atomic E-state index is 0.484. The van der Waals surface area contributed by atoms with Crippen LogP contribution in [0.4, 0.5) is 0 Å². The normalized spacial score (nSPS) is 16.6. The van der Waals surface area contributed by atoms with Gasteiger partial charge in [-0.3, -0.25) is 0 Å². The highest BCUT2D eigenvalue weighted by Gasteiger charge is 2.13. The molecule has 0 radical (unpaired) electrons. The van der Waals surface area contributed by atoms with Gasteiger partial charge in [0.05, 0.1) is 11.4 Å². The van der Waals surface area contributed by atoms with Crippen LogP contribution in [0.5, 0.6) is 0 Å². The molecule has 0 aliphatic heterocycles. The Morgan fingerprint density at radius 1 is 1.56 bits per heavy atom. The second-order valence-electron chi connectivity index (χ2n) is 4.31. The lowest BCUT2D eigenvalue weighted by molar-refractivity contribution is 0.633. The van der Waals surface area contributed by atoms with Crippen LogP contribution in [0.3, 0.4) is 0 Å². The van der Waals surface area contributed by atoms with Gasteiger partial charge in [-0.2, -0.15) is 0 Å². The summed E-state index contributed by atoms with van der Waals surface area (Å²) < 4.78 is 0. The fourth-order valence-electron chi connectivity index (χ4n) is 1.96. The Bertz CT molecular complexity index is 429. The van der Waals surface area contributed by atoms with E-state index in [1.165, 1.54) is 6.42 Å². The van der Waals surface area contributed by atoms with Crippen LogP contribution in [0.2, 0.25) is 0 Å². The monoisotopic (exact) mass is 236 g/mol. The van der Waals surface area contributed by atoms with E-state index in [4.69, 9.17) is 11.6 Å². The summed E-state index contributed by atoms with van der Waals surface area (Å²) in [6.45, 7) is 4.40. The van der Waals surface area contributed by atoms with Crippen molar-refractivity contribution >= 4 is 23.8 Å². The van der Waals surface area contributed by atoms with Gasteiger partial charge < -0.3 is 4.98 Å². The van der Waals surface area contributed by atoms with E-state index < -0.39 is 0 Å². The number of allylic oxidation sites excluding steroid dienone is 2. The van der Waals surface area contributed by atoms with E-state index >= 15 is 0 Å². The van der Waals surface area contributed by atoms with Crippen molar-refractivity contribution in [1.82, 2.24) is 9.97 Å². The summed E-state index contributed by atoms with van der Waals surface area (Å²) in [5.74, 6) is 1.55.